The molecule has 0 unspecified atom stereocenters. The molecule has 0 bridgehead atoms. The van der Waals surface area contributed by atoms with Gasteiger partial charge in [0.05, 0.1) is 6.61 Å². The smallest absolute Gasteiger partial charge is 0.240 e. The van der Waals surface area contributed by atoms with Crippen LogP contribution in [0.1, 0.15) is 11.3 Å². The van der Waals surface area contributed by atoms with E-state index >= 15 is 0 Å². The number of hydrogen-bond donors (Lipinski definition) is 2. The summed E-state index contributed by atoms with van der Waals surface area (Å²) in [6.07, 6.45) is 1.61. The Hall–Kier alpha value is -1.40. The van der Waals surface area contributed by atoms with Gasteiger partial charge in [-0.2, -0.15) is 0 Å². The van der Waals surface area contributed by atoms with Gasteiger partial charge in [-0.3, -0.25) is 5.10 Å². The van der Waals surface area contributed by atoms with E-state index in [1.165, 1.54) is 0 Å². The lowest BCUT2D eigenvalue weighted by atomic mass is 10.3. The first kappa shape index (κ1) is 11.1. The van der Waals surface area contributed by atoms with Crippen LogP contribution in [-0.2, 0) is 6.61 Å². The molecule has 2 aromatic rings. The summed E-state index contributed by atoms with van der Waals surface area (Å²) in [6.45, 7) is 1.74. The highest BCUT2D eigenvalue weighted by molar-refractivity contribution is 9.10. The van der Waals surface area contributed by atoms with Gasteiger partial charge in [0.1, 0.15) is 0 Å². The van der Waals surface area contributed by atoms with Crippen molar-refractivity contribution in [2.45, 2.75) is 13.5 Å². The van der Waals surface area contributed by atoms with Crippen LogP contribution in [0.2, 0.25) is 0 Å². The van der Waals surface area contributed by atoms with Crippen molar-refractivity contribution in [3.63, 3.8) is 0 Å². The lowest BCUT2D eigenvalue weighted by Gasteiger charge is -2.05. The molecule has 6 heteroatoms. The highest BCUT2D eigenvalue weighted by Crippen LogP contribution is 2.24. The Kier molecular flexibility index (Phi) is 3.21. The summed E-state index contributed by atoms with van der Waals surface area (Å²) in [5.74, 6) is 0.791. The van der Waals surface area contributed by atoms with E-state index in [1.807, 2.05) is 6.92 Å². The van der Waals surface area contributed by atoms with Gasteiger partial charge in [-0.15, -0.1) is 5.10 Å². The molecule has 0 atom stereocenters. The number of aryl methyl sites for hydroxylation is 1. The van der Waals surface area contributed by atoms with Crippen LogP contribution in [0, 0.1) is 6.92 Å². The fraction of sp³-hybridized carbons (Fsp3) is 0.200. The largest absolute Gasteiger partial charge is 0.419 e. The molecule has 0 radical (unpaired) electrons. The molecule has 84 valence electrons. The molecule has 0 aromatic carbocycles. The van der Waals surface area contributed by atoms with Crippen molar-refractivity contribution in [2.24, 2.45) is 0 Å². The van der Waals surface area contributed by atoms with Crippen LogP contribution in [0.3, 0.4) is 0 Å². The Morgan fingerprint density at radius 3 is 2.94 bits per heavy atom. The minimum Gasteiger partial charge on any atom is -0.419 e. The molecule has 0 aliphatic carbocycles. The summed E-state index contributed by atoms with van der Waals surface area (Å²) in [6, 6.07) is 3.51. The van der Waals surface area contributed by atoms with Crippen LogP contribution < -0.4 is 4.74 Å². The summed E-state index contributed by atoms with van der Waals surface area (Å²) >= 11 is 3.28. The fourth-order valence-corrected chi connectivity index (χ4v) is 1.60. The standard InChI is InChI=1S/C10H10BrN3O2/c1-6-2-9(14-13-6)16-10-7(5-15)3-8(11)4-12-10/h2-4,15H,5H2,1H3,(H,13,14). The molecule has 2 heterocycles. The second-order valence-electron chi connectivity index (χ2n) is 3.27. The van der Waals surface area contributed by atoms with Crippen molar-refractivity contribution >= 4 is 15.9 Å². The predicted molar refractivity (Wildman–Crippen MR) is 61.3 cm³/mol. The molecule has 2 aromatic heterocycles. The first-order valence-electron chi connectivity index (χ1n) is 4.64. The number of H-pyrrole nitrogens is 1. The number of pyridine rings is 1. The zero-order valence-corrected chi connectivity index (χ0v) is 10.2. The molecule has 2 N–H and O–H groups in total. The fourth-order valence-electron chi connectivity index (χ4n) is 1.22. The zero-order chi connectivity index (χ0) is 11.5. The Morgan fingerprint density at radius 2 is 2.31 bits per heavy atom. The summed E-state index contributed by atoms with van der Waals surface area (Å²) in [5.41, 5.74) is 1.51. The molecule has 0 fully saturated rings. The number of nitrogens with one attached hydrogen (secondary N) is 1. The normalized spacial score (nSPS) is 10.4. The van der Waals surface area contributed by atoms with Crippen LogP contribution in [0.4, 0.5) is 0 Å². The molecule has 16 heavy (non-hydrogen) atoms. The minimum atomic E-state index is -0.134. The summed E-state index contributed by atoms with van der Waals surface area (Å²) in [5, 5.41) is 15.8. The Morgan fingerprint density at radius 1 is 1.50 bits per heavy atom. The maximum absolute atomic E-state index is 9.16. The van der Waals surface area contributed by atoms with E-state index in [-0.39, 0.29) is 6.61 Å². The van der Waals surface area contributed by atoms with E-state index in [9.17, 15) is 0 Å². The molecule has 0 aliphatic heterocycles. The van der Waals surface area contributed by atoms with Crippen LogP contribution >= 0.6 is 15.9 Å². The molecule has 0 saturated heterocycles. The third kappa shape index (κ3) is 2.40. The average Bonchev–Trinajstić information content (AvgIpc) is 2.67. The third-order valence-electron chi connectivity index (χ3n) is 1.95. The molecule has 0 saturated carbocycles. The molecule has 0 amide bonds. The van der Waals surface area contributed by atoms with Gasteiger partial charge in [0.2, 0.25) is 11.8 Å². The molecule has 2 rings (SSSR count). The van der Waals surface area contributed by atoms with E-state index in [1.54, 1.807) is 18.3 Å². The summed E-state index contributed by atoms with van der Waals surface area (Å²) in [7, 11) is 0. The molecule has 0 spiro atoms. The first-order chi connectivity index (χ1) is 7.69. The number of hydrogen-bond acceptors (Lipinski definition) is 4. The number of rotatable bonds is 3. The third-order valence-corrected chi connectivity index (χ3v) is 2.38. The van der Waals surface area contributed by atoms with E-state index in [4.69, 9.17) is 9.84 Å². The van der Waals surface area contributed by atoms with Gasteiger partial charge in [0.25, 0.3) is 0 Å². The number of aromatic amines is 1. The Balaban J connectivity index is 2.27. The summed E-state index contributed by atoms with van der Waals surface area (Å²) in [4.78, 5) is 4.07. The van der Waals surface area contributed by atoms with Gasteiger partial charge < -0.3 is 9.84 Å². The van der Waals surface area contributed by atoms with Crippen molar-refractivity contribution in [1.29, 1.82) is 0 Å². The molecular formula is C10H10BrN3O2. The van der Waals surface area contributed by atoms with Crippen LogP contribution in [0.5, 0.6) is 11.8 Å². The average molecular weight is 284 g/mol. The number of ether oxygens (including phenoxy) is 1. The highest BCUT2D eigenvalue weighted by atomic mass is 79.9. The number of nitrogens with zero attached hydrogens (tertiary/aromatic N) is 2. The maximum Gasteiger partial charge on any atom is 0.240 e. The zero-order valence-electron chi connectivity index (χ0n) is 8.57. The van der Waals surface area contributed by atoms with Crippen LogP contribution in [0.15, 0.2) is 22.8 Å². The SMILES string of the molecule is Cc1cc(Oc2ncc(Br)cc2CO)n[nH]1. The van der Waals surface area contributed by atoms with Gasteiger partial charge >= 0.3 is 0 Å². The van der Waals surface area contributed by atoms with Crippen LogP contribution in [-0.4, -0.2) is 20.3 Å². The van der Waals surface area contributed by atoms with Gasteiger partial charge in [-0.1, -0.05) is 0 Å². The second-order valence-corrected chi connectivity index (χ2v) is 4.18. The molecule has 5 nitrogen and oxygen atoms in total. The first-order valence-corrected chi connectivity index (χ1v) is 5.43. The number of aliphatic hydroxyl groups excluding tert-OH is 1. The van der Waals surface area contributed by atoms with Crippen molar-refractivity contribution in [3.8, 4) is 11.8 Å². The van der Waals surface area contributed by atoms with Crippen molar-refractivity contribution in [2.75, 3.05) is 0 Å². The van der Waals surface area contributed by atoms with Gasteiger partial charge in [-0.25, -0.2) is 4.98 Å². The van der Waals surface area contributed by atoms with Crippen molar-refractivity contribution in [3.05, 3.63) is 34.1 Å². The summed E-state index contributed by atoms with van der Waals surface area (Å²) < 4.78 is 6.24. The Labute approximate surface area is 101 Å². The van der Waals surface area contributed by atoms with Crippen LogP contribution in [0.25, 0.3) is 0 Å². The number of halogens is 1. The quantitative estimate of drug-likeness (QED) is 0.906. The Bertz CT molecular complexity index is 499. The minimum absolute atomic E-state index is 0.134. The lowest BCUT2D eigenvalue weighted by molar-refractivity contribution is 0.274. The lowest BCUT2D eigenvalue weighted by Crippen LogP contribution is -1.95. The van der Waals surface area contributed by atoms with Gasteiger partial charge in [0, 0.05) is 28.0 Å². The number of aliphatic hydroxyl groups is 1. The van der Waals surface area contributed by atoms with E-state index in [0.29, 0.717) is 17.3 Å². The maximum atomic E-state index is 9.16. The highest BCUT2D eigenvalue weighted by Gasteiger charge is 2.08. The second kappa shape index (κ2) is 4.63. The van der Waals surface area contributed by atoms with Gasteiger partial charge in [0.15, 0.2) is 0 Å². The van der Waals surface area contributed by atoms with E-state index in [2.05, 4.69) is 31.1 Å². The van der Waals surface area contributed by atoms with Crippen molar-refractivity contribution in [1.82, 2.24) is 15.2 Å². The van der Waals surface area contributed by atoms with Gasteiger partial charge in [-0.05, 0) is 28.9 Å². The molecule has 0 aliphatic rings. The van der Waals surface area contributed by atoms with Crippen molar-refractivity contribution < 1.29 is 9.84 Å². The number of aromatic nitrogens is 3. The van der Waals surface area contributed by atoms with E-state index < -0.39 is 0 Å². The molecular weight excluding hydrogens is 274 g/mol. The van der Waals surface area contributed by atoms with E-state index in [0.717, 1.165) is 10.2 Å². The monoisotopic (exact) mass is 283 g/mol. The topological polar surface area (TPSA) is 71.0 Å². The predicted octanol–water partition coefficient (Wildman–Crippen LogP) is 2.16.